The summed E-state index contributed by atoms with van der Waals surface area (Å²) >= 11 is 6.04. The van der Waals surface area contributed by atoms with E-state index in [2.05, 4.69) is 15.4 Å². The number of aryl methyl sites for hydroxylation is 1. The maximum Gasteiger partial charge on any atom is 0.352 e. The maximum atomic E-state index is 12.5. The number of benzene rings is 2. The monoisotopic (exact) mass is 367 g/mol. The van der Waals surface area contributed by atoms with Crippen LogP contribution in [0.2, 0.25) is 5.02 Å². The number of fused-ring (bicyclic) bond motifs is 3. The van der Waals surface area contributed by atoms with Gasteiger partial charge in [-0.25, -0.2) is 18.9 Å². The maximum absolute atomic E-state index is 12.5. The summed E-state index contributed by atoms with van der Waals surface area (Å²) in [5.41, 5.74) is 2.40. The summed E-state index contributed by atoms with van der Waals surface area (Å²) in [6, 6.07) is 12.6. The van der Waals surface area contributed by atoms with Crippen LogP contribution in [0.4, 0.5) is 5.69 Å². The smallest absolute Gasteiger partial charge is 0.324 e. The van der Waals surface area contributed by atoms with Crippen LogP contribution in [-0.4, -0.2) is 25.1 Å². The Morgan fingerprint density at radius 1 is 1.19 bits per heavy atom. The van der Waals surface area contributed by atoms with Gasteiger partial charge in [-0.3, -0.25) is 4.79 Å². The zero-order chi connectivity index (χ0) is 18.3. The average Bonchev–Trinajstić information content (AvgIpc) is 2.93. The van der Waals surface area contributed by atoms with E-state index in [0.717, 1.165) is 10.2 Å². The molecule has 0 spiro atoms. The van der Waals surface area contributed by atoms with Gasteiger partial charge in [-0.05, 0) is 37.3 Å². The molecule has 1 N–H and O–H groups in total. The molecule has 7 nitrogen and oxygen atoms in total. The fourth-order valence-electron chi connectivity index (χ4n) is 2.70. The molecule has 0 fully saturated rings. The van der Waals surface area contributed by atoms with Gasteiger partial charge in [0.15, 0.2) is 5.65 Å². The minimum atomic E-state index is -0.437. The molecule has 0 aliphatic rings. The molecule has 0 bridgehead atoms. The molecule has 0 saturated carbocycles. The molecule has 0 radical (unpaired) electrons. The predicted molar refractivity (Wildman–Crippen MR) is 99.6 cm³/mol. The molecule has 1 amide bonds. The third-order valence-corrected chi connectivity index (χ3v) is 4.25. The molecule has 130 valence electrons. The van der Waals surface area contributed by atoms with E-state index in [4.69, 9.17) is 11.6 Å². The van der Waals surface area contributed by atoms with E-state index < -0.39 is 5.69 Å². The number of hydrogen-bond acceptors (Lipinski definition) is 4. The molecule has 0 saturated heterocycles. The fraction of sp³-hybridized carbons (Fsp3) is 0.111. The number of aromatic nitrogens is 4. The van der Waals surface area contributed by atoms with Crippen molar-refractivity contribution >= 4 is 39.7 Å². The quantitative estimate of drug-likeness (QED) is 0.603. The fourth-order valence-corrected chi connectivity index (χ4v) is 2.88. The molecule has 2 heterocycles. The van der Waals surface area contributed by atoms with Crippen molar-refractivity contribution in [1.82, 2.24) is 19.2 Å². The van der Waals surface area contributed by atoms with Crippen molar-refractivity contribution in [3.63, 3.8) is 0 Å². The number of rotatable bonds is 3. The summed E-state index contributed by atoms with van der Waals surface area (Å²) in [5, 5.41) is 8.20. The van der Waals surface area contributed by atoms with Gasteiger partial charge in [-0.1, -0.05) is 29.3 Å². The highest BCUT2D eigenvalue weighted by molar-refractivity contribution is 6.31. The lowest BCUT2D eigenvalue weighted by Crippen LogP contribution is -2.28. The van der Waals surface area contributed by atoms with Gasteiger partial charge >= 0.3 is 5.69 Å². The van der Waals surface area contributed by atoms with E-state index >= 15 is 0 Å². The summed E-state index contributed by atoms with van der Waals surface area (Å²) < 4.78 is 2.42. The third-order valence-electron chi connectivity index (χ3n) is 4.01. The highest BCUT2D eigenvalue weighted by atomic mass is 35.5. The number of amides is 1. The molecular weight excluding hydrogens is 354 g/mol. The van der Waals surface area contributed by atoms with Crippen molar-refractivity contribution in [2.24, 2.45) is 0 Å². The topological polar surface area (TPSA) is 81.3 Å². The van der Waals surface area contributed by atoms with E-state index in [-0.39, 0.29) is 12.5 Å². The molecule has 0 unspecified atom stereocenters. The Kier molecular flexibility index (Phi) is 3.93. The van der Waals surface area contributed by atoms with Crippen LogP contribution in [0.3, 0.4) is 0 Å². The lowest BCUT2D eigenvalue weighted by Gasteiger charge is -2.04. The zero-order valence-electron chi connectivity index (χ0n) is 13.8. The average molecular weight is 368 g/mol. The van der Waals surface area contributed by atoms with Gasteiger partial charge in [-0.15, -0.1) is 5.10 Å². The molecule has 4 rings (SSSR count). The molecule has 2 aromatic heterocycles. The summed E-state index contributed by atoms with van der Waals surface area (Å²) in [4.78, 5) is 29.0. The van der Waals surface area contributed by atoms with E-state index in [1.54, 1.807) is 30.3 Å². The highest BCUT2D eigenvalue weighted by Crippen LogP contribution is 2.20. The number of hydrogen-bond donors (Lipinski definition) is 1. The molecule has 26 heavy (non-hydrogen) atoms. The Hall–Kier alpha value is -3.19. The van der Waals surface area contributed by atoms with Gasteiger partial charge in [0.1, 0.15) is 12.9 Å². The van der Waals surface area contributed by atoms with Crippen molar-refractivity contribution in [3.05, 3.63) is 69.9 Å². The van der Waals surface area contributed by atoms with Crippen LogP contribution in [0.15, 0.2) is 53.6 Å². The number of carbonyl (C=O) groups is 1. The van der Waals surface area contributed by atoms with Crippen LogP contribution in [0.1, 0.15) is 5.56 Å². The van der Waals surface area contributed by atoms with Crippen LogP contribution in [-0.2, 0) is 11.3 Å². The van der Waals surface area contributed by atoms with E-state index in [9.17, 15) is 9.59 Å². The van der Waals surface area contributed by atoms with Crippen molar-refractivity contribution in [2.75, 3.05) is 5.32 Å². The van der Waals surface area contributed by atoms with Gasteiger partial charge in [0.2, 0.25) is 5.91 Å². The van der Waals surface area contributed by atoms with Crippen molar-refractivity contribution in [1.29, 1.82) is 0 Å². The molecule has 0 aliphatic carbocycles. The van der Waals surface area contributed by atoms with Crippen LogP contribution in [0.25, 0.3) is 16.6 Å². The van der Waals surface area contributed by atoms with Crippen LogP contribution < -0.4 is 11.0 Å². The molecule has 0 aliphatic heterocycles. The molecule has 4 aromatic rings. The van der Waals surface area contributed by atoms with E-state index in [1.165, 1.54) is 10.7 Å². The first kappa shape index (κ1) is 16.3. The highest BCUT2D eigenvalue weighted by Gasteiger charge is 2.14. The van der Waals surface area contributed by atoms with Crippen molar-refractivity contribution in [2.45, 2.75) is 13.5 Å². The Balaban J connectivity index is 1.68. The minimum Gasteiger partial charge on any atom is -0.324 e. The van der Waals surface area contributed by atoms with E-state index in [1.807, 2.05) is 19.1 Å². The largest absolute Gasteiger partial charge is 0.352 e. The molecule has 2 aromatic carbocycles. The number of anilines is 1. The Morgan fingerprint density at radius 3 is 2.73 bits per heavy atom. The van der Waals surface area contributed by atoms with Gasteiger partial charge in [0, 0.05) is 16.1 Å². The molecule has 0 atom stereocenters. The summed E-state index contributed by atoms with van der Waals surface area (Å²) in [6.45, 7) is 1.77. The third kappa shape index (κ3) is 2.93. The van der Waals surface area contributed by atoms with E-state index in [0.29, 0.717) is 27.3 Å². The minimum absolute atomic E-state index is 0.198. The number of carbonyl (C=O) groups excluding carboxylic acids is 1. The Morgan fingerprint density at radius 2 is 1.96 bits per heavy atom. The lowest BCUT2D eigenvalue weighted by atomic mass is 10.2. The second-order valence-electron chi connectivity index (χ2n) is 5.95. The standard InChI is InChI=1S/C18H14ClN5O2/c1-11-2-5-13(6-3-11)21-16(25)9-24-18(26)23-10-20-15-7-4-12(19)8-14(15)17(23)22-24/h2-8,10H,9H2,1H3,(H,21,25). The zero-order valence-corrected chi connectivity index (χ0v) is 14.6. The Bertz CT molecular complexity index is 1190. The molecular formula is C18H14ClN5O2. The predicted octanol–water partition coefficient (Wildman–Crippen LogP) is 2.64. The normalized spacial score (nSPS) is 11.2. The van der Waals surface area contributed by atoms with Crippen molar-refractivity contribution in [3.8, 4) is 0 Å². The van der Waals surface area contributed by atoms with Gasteiger partial charge in [0.25, 0.3) is 0 Å². The van der Waals surface area contributed by atoms with Crippen LogP contribution in [0.5, 0.6) is 0 Å². The Labute approximate surface area is 152 Å². The number of nitrogens with one attached hydrogen (secondary N) is 1. The SMILES string of the molecule is Cc1ccc(NC(=O)Cn2nc3c4cc(Cl)ccc4ncn3c2=O)cc1. The first-order valence-corrected chi connectivity index (χ1v) is 8.29. The number of nitrogens with zero attached hydrogens (tertiary/aromatic N) is 4. The summed E-state index contributed by atoms with van der Waals surface area (Å²) in [7, 11) is 0. The number of halogens is 1. The lowest BCUT2D eigenvalue weighted by molar-refractivity contribution is -0.117. The van der Waals surface area contributed by atoms with Crippen LogP contribution in [0, 0.1) is 6.92 Å². The first-order valence-electron chi connectivity index (χ1n) is 7.91. The van der Waals surface area contributed by atoms with Gasteiger partial charge in [-0.2, -0.15) is 0 Å². The summed E-state index contributed by atoms with van der Waals surface area (Å²) in [6.07, 6.45) is 1.40. The van der Waals surface area contributed by atoms with Gasteiger partial charge in [0.05, 0.1) is 5.52 Å². The first-order chi connectivity index (χ1) is 12.5. The second kappa shape index (κ2) is 6.27. The molecule has 8 heteroatoms. The second-order valence-corrected chi connectivity index (χ2v) is 6.39. The van der Waals surface area contributed by atoms with Crippen molar-refractivity contribution < 1.29 is 4.79 Å². The van der Waals surface area contributed by atoms with Gasteiger partial charge < -0.3 is 5.32 Å². The summed E-state index contributed by atoms with van der Waals surface area (Å²) in [5.74, 6) is -0.338. The van der Waals surface area contributed by atoms with Crippen LogP contribution >= 0.6 is 11.6 Å².